The number of aliphatic imine (C=N–C) groups is 1. The van der Waals surface area contributed by atoms with Gasteiger partial charge in [0.05, 0.1) is 13.7 Å². The molecular formula is C19H27N3O. The van der Waals surface area contributed by atoms with Crippen molar-refractivity contribution >= 4 is 5.96 Å². The molecule has 4 nitrogen and oxygen atoms in total. The van der Waals surface area contributed by atoms with Crippen LogP contribution in [-0.4, -0.2) is 32.2 Å². The van der Waals surface area contributed by atoms with E-state index in [-0.39, 0.29) is 5.41 Å². The van der Waals surface area contributed by atoms with Crippen LogP contribution in [0.3, 0.4) is 0 Å². The lowest BCUT2D eigenvalue weighted by Crippen LogP contribution is -2.42. The second kappa shape index (κ2) is 7.07. The molecule has 1 aromatic carbocycles. The van der Waals surface area contributed by atoms with Crippen LogP contribution in [0.2, 0.25) is 0 Å². The molecule has 1 fully saturated rings. The molecule has 0 amide bonds. The predicted octanol–water partition coefficient (Wildman–Crippen LogP) is 3.00. The second-order valence-electron chi connectivity index (χ2n) is 6.49. The van der Waals surface area contributed by atoms with Crippen LogP contribution in [0.25, 0.3) is 0 Å². The van der Waals surface area contributed by atoms with Gasteiger partial charge in [0.15, 0.2) is 5.96 Å². The van der Waals surface area contributed by atoms with Gasteiger partial charge in [0, 0.05) is 18.0 Å². The van der Waals surface area contributed by atoms with Gasteiger partial charge in [-0.25, -0.2) is 0 Å². The quantitative estimate of drug-likeness (QED) is 0.482. The van der Waals surface area contributed by atoms with E-state index in [9.17, 15) is 0 Å². The molecule has 0 saturated heterocycles. The van der Waals surface area contributed by atoms with E-state index in [0.717, 1.165) is 37.6 Å². The number of hydrogen-bond donors (Lipinski definition) is 2. The summed E-state index contributed by atoms with van der Waals surface area (Å²) >= 11 is 0. The summed E-state index contributed by atoms with van der Waals surface area (Å²) in [4.78, 5) is 4.87. The first-order chi connectivity index (χ1) is 11.3. The molecular weight excluding hydrogens is 286 g/mol. The van der Waals surface area contributed by atoms with Gasteiger partial charge in [0.2, 0.25) is 0 Å². The van der Waals surface area contributed by atoms with Gasteiger partial charge in [0.25, 0.3) is 0 Å². The molecule has 1 saturated carbocycles. The summed E-state index contributed by atoms with van der Waals surface area (Å²) in [6.45, 7) is 3.84. The van der Waals surface area contributed by atoms with Crippen molar-refractivity contribution in [2.24, 2.45) is 4.99 Å². The Hall–Kier alpha value is -1.97. The Balaban J connectivity index is 1.65. The first-order valence-corrected chi connectivity index (χ1v) is 8.60. The number of benzene rings is 1. The number of ether oxygens (including phenoxy) is 1. The third-order valence-electron chi connectivity index (χ3n) is 4.79. The summed E-state index contributed by atoms with van der Waals surface area (Å²) in [7, 11) is 1.71. The van der Waals surface area contributed by atoms with Gasteiger partial charge < -0.3 is 15.4 Å². The Morgan fingerprint density at radius 3 is 2.48 bits per heavy atom. The predicted molar refractivity (Wildman–Crippen MR) is 95.2 cm³/mol. The largest absolute Gasteiger partial charge is 0.497 e. The minimum absolute atomic E-state index is 0.225. The fraction of sp³-hybridized carbons (Fsp3) is 0.526. The Labute approximate surface area is 139 Å². The Kier molecular flexibility index (Phi) is 4.89. The van der Waals surface area contributed by atoms with Crippen molar-refractivity contribution < 1.29 is 4.74 Å². The van der Waals surface area contributed by atoms with Crippen LogP contribution in [0.1, 0.15) is 38.2 Å². The van der Waals surface area contributed by atoms with E-state index in [1.807, 2.05) is 12.1 Å². The number of nitrogens with one attached hydrogen (secondary N) is 2. The van der Waals surface area contributed by atoms with Crippen LogP contribution < -0.4 is 15.4 Å². The van der Waals surface area contributed by atoms with Gasteiger partial charge in [-0.1, -0.05) is 24.3 Å². The van der Waals surface area contributed by atoms with E-state index in [1.54, 1.807) is 7.11 Å². The smallest absolute Gasteiger partial charge is 0.191 e. The molecule has 0 spiro atoms. The normalized spacial score (nSPS) is 19.7. The summed E-state index contributed by atoms with van der Waals surface area (Å²) in [5.74, 6) is 1.86. The maximum Gasteiger partial charge on any atom is 0.191 e. The molecule has 0 bridgehead atoms. The molecule has 0 heterocycles. The summed E-state index contributed by atoms with van der Waals surface area (Å²) < 4.78 is 5.25. The highest BCUT2D eigenvalue weighted by molar-refractivity contribution is 5.80. The van der Waals surface area contributed by atoms with Crippen LogP contribution in [0.5, 0.6) is 5.75 Å². The molecule has 23 heavy (non-hydrogen) atoms. The fourth-order valence-electron chi connectivity index (χ4n) is 3.11. The molecule has 2 aliphatic rings. The molecule has 0 radical (unpaired) electrons. The summed E-state index contributed by atoms with van der Waals surface area (Å²) in [5.41, 5.74) is 1.60. The van der Waals surface area contributed by atoms with E-state index in [4.69, 9.17) is 9.73 Å². The van der Waals surface area contributed by atoms with Gasteiger partial charge in [0.1, 0.15) is 5.75 Å². The second-order valence-corrected chi connectivity index (χ2v) is 6.49. The zero-order valence-electron chi connectivity index (χ0n) is 14.1. The van der Waals surface area contributed by atoms with Crippen LogP contribution in [0.4, 0.5) is 0 Å². The molecule has 0 aromatic heterocycles. The van der Waals surface area contributed by atoms with E-state index in [1.165, 1.54) is 18.4 Å². The van der Waals surface area contributed by atoms with Crippen molar-refractivity contribution in [1.29, 1.82) is 0 Å². The van der Waals surface area contributed by atoms with Crippen molar-refractivity contribution in [2.45, 2.75) is 44.1 Å². The van der Waals surface area contributed by atoms with Crippen molar-refractivity contribution in [1.82, 2.24) is 10.6 Å². The van der Waals surface area contributed by atoms with Crippen molar-refractivity contribution in [2.75, 3.05) is 20.2 Å². The van der Waals surface area contributed by atoms with Gasteiger partial charge in [-0.2, -0.15) is 0 Å². The number of hydrogen-bond acceptors (Lipinski definition) is 2. The summed E-state index contributed by atoms with van der Waals surface area (Å²) in [6.07, 6.45) is 9.09. The average Bonchev–Trinajstić information content (AvgIpc) is 3.21. The lowest BCUT2D eigenvalue weighted by atomic mass is 9.96. The zero-order chi connectivity index (χ0) is 16.1. The Bertz CT molecular complexity index is 565. The number of guanidine groups is 1. The molecule has 124 valence electrons. The van der Waals surface area contributed by atoms with E-state index in [2.05, 4.69) is 41.8 Å². The molecule has 4 heteroatoms. The minimum Gasteiger partial charge on any atom is -0.497 e. The highest BCUT2D eigenvalue weighted by atomic mass is 16.5. The van der Waals surface area contributed by atoms with Crippen LogP contribution >= 0.6 is 0 Å². The van der Waals surface area contributed by atoms with Gasteiger partial charge in [-0.15, -0.1) is 0 Å². The van der Waals surface area contributed by atoms with E-state index in [0.29, 0.717) is 6.04 Å². The third kappa shape index (κ3) is 3.87. The molecule has 2 aliphatic carbocycles. The van der Waals surface area contributed by atoms with E-state index < -0.39 is 0 Å². The standard InChI is InChI=1S/C19H27N3O/c1-3-20-18(22-16-6-4-5-7-16)21-14-19(12-13-19)15-8-10-17(23-2)11-9-15/h4-5,8-11,16H,3,6-7,12-14H2,1-2H3,(H2,20,21,22). The maximum atomic E-state index is 5.25. The highest BCUT2D eigenvalue weighted by Gasteiger charge is 2.44. The summed E-state index contributed by atoms with van der Waals surface area (Å²) in [6, 6.07) is 8.95. The Morgan fingerprint density at radius 2 is 1.91 bits per heavy atom. The number of methoxy groups -OCH3 is 1. The number of rotatable bonds is 6. The summed E-state index contributed by atoms with van der Waals surface area (Å²) in [5, 5.41) is 6.91. The van der Waals surface area contributed by atoms with Crippen molar-refractivity contribution in [3.63, 3.8) is 0 Å². The van der Waals surface area contributed by atoms with Crippen molar-refractivity contribution in [3.05, 3.63) is 42.0 Å². The fourth-order valence-corrected chi connectivity index (χ4v) is 3.11. The Morgan fingerprint density at radius 1 is 1.22 bits per heavy atom. The number of nitrogens with zero attached hydrogens (tertiary/aromatic N) is 1. The molecule has 2 N–H and O–H groups in total. The third-order valence-corrected chi connectivity index (χ3v) is 4.79. The lowest BCUT2D eigenvalue weighted by Gasteiger charge is -2.19. The first kappa shape index (κ1) is 15.9. The molecule has 0 aliphatic heterocycles. The zero-order valence-corrected chi connectivity index (χ0v) is 14.1. The van der Waals surface area contributed by atoms with Crippen LogP contribution in [-0.2, 0) is 5.41 Å². The first-order valence-electron chi connectivity index (χ1n) is 8.60. The van der Waals surface area contributed by atoms with Gasteiger partial charge in [-0.05, 0) is 50.3 Å². The SMILES string of the molecule is CCNC(=NCC1(c2ccc(OC)cc2)CC1)NC1CC=CC1. The molecule has 3 rings (SSSR count). The minimum atomic E-state index is 0.225. The molecule has 0 unspecified atom stereocenters. The topological polar surface area (TPSA) is 45.7 Å². The lowest BCUT2D eigenvalue weighted by molar-refractivity contribution is 0.414. The molecule has 1 aromatic rings. The maximum absolute atomic E-state index is 5.25. The van der Waals surface area contributed by atoms with Crippen molar-refractivity contribution in [3.8, 4) is 5.75 Å². The van der Waals surface area contributed by atoms with Crippen LogP contribution in [0, 0.1) is 0 Å². The van der Waals surface area contributed by atoms with Gasteiger partial charge in [-0.3, -0.25) is 4.99 Å². The van der Waals surface area contributed by atoms with Gasteiger partial charge >= 0.3 is 0 Å². The van der Waals surface area contributed by atoms with E-state index >= 15 is 0 Å². The average molecular weight is 313 g/mol. The molecule has 0 atom stereocenters. The highest BCUT2D eigenvalue weighted by Crippen LogP contribution is 2.48. The van der Waals surface area contributed by atoms with Crippen LogP contribution in [0.15, 0.2) is 41.4 Å². The monoisotopic (exact) mass is 313 g/mol.